The number of sulfonamides is 1. The van der Waals surface area contributed by atoms with E-state index in [0.29, 0.717) is 6.54 Å². The standard InChI is InChI=1S/C13H18FNO4S/c1-8(2)7-15(4)20(18,19)10-5-9(3)12(14)11(6-10)13(16)17/h5-6,8H,7H2,1-4H3,(H,16,17). The number of hydrogen-bond donors (Lipinski definition) is 1. The average molecular weight is 303 g/mol. The molecule has 1 N–H and O–H groups in total. The molecular weight excluding hydrogens is 285 g/mol. The Bertz CT molecular complexity index is 626. The van der Waals surface area contributed by atoms with Crippen LogP contribution in [0.5, 0.6) is 0 Å². The zero-order valence-corrected chi connectivity index (χ0v) is 12.7. The highest BCUT2D eigenvalue weighted by Gasteiger charge is 2.25. The summed E-state index contributed by atoms with van der Waals surface area (Å²) in [5.74, 6) is -2.28. The minimum absolute atomic E-state index is 0.0126. The summed E-state index contributed by atoms with van der Waals surface area (Å²) in [6.07, 6.45) is 0. The normalized spacial score (nSPS) is 12.2. The molecule has 0 radical (unpaired) electrons. The lowest BCUT2D eigenvalue weighted by Gasteiger charge is -2.19. The summed E-state index contributed by atoms with van der Waals surface area (Å²) in [4.78, 5) is 10.7. The van der Waals surface area contributed by atoms with Crippen molar-refractivity contribution in [1.82, 2.24) is 4.31 Å². The van der Waals surface area contributed by atoms with Crippen LogP contribution in [0.15, 0.2) is 17.0 Å². The molecule has 0 fully saturated rings. The minimum Gasteiger partial charge on any atom is -0.478 e. The van der Waals surface area contributed by atoms with Gasteiger partial charge in [0, 0.05) is 13.6 Å². The summed E-state index contributed by atoms with van der Waals surface area (Å²) in [6, 6.07) is 2.00. The highest BCUT2D eigenvalue weighted by Crippen LogP contribution is 2.22. The number of carboxylic acids is 1. The summed E-state index contributed by atoms with van der Waals surface area (Å²) >= 11 is 0. The lowest BCUT2D eigenvalue weighted by Crippen LogP contribution is -2.30. The van der Waals surface area contributed by atoms with Crippen LogP contribution < -0.4 is 0 Å². The molecule has 20 heavy (non-hydrogen) atoms. The molecule has 5 nitrogen and oxygen atoms in total. The van der Waals surface area contributed by atoms with E-state index in [1.807, 2.05) is 13.8 Å². The number of carbonyl (C=O) groups is 1. The van der Waals surface area contributed by atoms with Crippen LogP contribution in [-0.2, 0) is 10.0 Å². The Morgan fingerprint density at radius 1 is 1.40 bits per heavy atom. The van der Waals surface area contributed by atoms with Crippen LogP contribution in [-0.4, -0.2) is 37.4 Å². The monoisotopic (exact) mass is 303 g/mol. The second-order valence-electron chi connectivity index (χ2n) is 5.09. The average Bonchev–Trinajstić information content (AvgIpc) is 2.30. The van der Waals surface area contributed by atoms with E-state index in [9.17, 15) is 17.6 Å². The van der Waals surface area contributed by atoms with Gasteiger partial charge in [0.2, 0.25) is 10.0 Å². The Labute approximate surface area is 118 Å². The van der Waals surface area contributed by atoms with E-state index in [-0.39, 0.29) is 16.4 Å². The maximum absolute atomic E-state index is 13.6. The summed E-state index contributed by atoms with van der Waals surface area (Å²) in [5, 5.41) is 8.92. The fourth-order valence-corrected chi connectivity index (χ4v) is 3.28. The van der Waals surface area contributed by atoms with E-state index < -0.39 is 27.4 Å². The SMILES string of the molecule is Cc1cc(S(=O)(=O)N(C)CC(C)C)cc(C(=O)O)c1F. The molecule has 1 rings (SSSR count). The second-order valence-corrected chi connectivity index (χ2v) is 7.13. The zero-order valence-electron chi connectivity index (χ0n) is 11.8. The smallest absolute Gasteiger partial charge is 0.338 e. The Morgan fingerprint density at radius 2 is 1.95 bits per heavy atom. The minimum atomic E-state index is -3.83. The molecule has 0 saturated carbocycles. The fourth-order valence-electron chi connectivity index (χ4n) is 1.83. The van der Waals surface area contributed by atoms with E-state index in [1.165, 1.54) is 14.0 Å². The van der Waals surface area contributed by atoms with Crippen LogP contribution in [0.1, 0.15) is 29.8 Å². The zero-order chi connectivity index (χ0) is 15.7. The van der Waals surface area contributed by atoms with E-state index >= 15 is 0 Å². The predicted molar refractivity (Wildman–Crippen MR) is 72.8 cm³/mol. The van der Waals surface area contributed by atoms with Crippen molar-refractivity contribution in [2.24, 2.45) is 5.92 Å². The van der Waals surface area contributed by atoms with Gasteiger partial charge >= 0.3 is 5.97 Å². The van der Waals surface area contributed by atoms with E-state index in [0.717, 1.165) is 16.4 Å². The highest BCUT2D eigenvalue weighted by atomic mass is 32.2. The summed E-state index contributed by atoms with van der Waals surface area (Å²) < 4.78 is 39.4. The third-order valence-corrected chi connectivity index (χ3v) is 4.59. The molecule has 0 saturated heterocycles. The number of aromatic carboxylic acids is 1. The van der Waals surface area contributed by atoms with Crippen molar-refractivity contribution in [3.05, 3.63) is 29.1 Å². The number of nitrogens with zero attached hydrogens (tertiary/aromatic N) is 1. The van der Waals surface area contributed by atoms with Crippen LogP contribution in [0.25, 0.3) is 0 Å². The van der Waals surface area contributed by atoms with Crippen LogP contribution in [0.2, 0.25) is 0 Å². The van der Waals surface area contributed by atoms with Gasteiger partial charge in [0.05, 0.1) is 10.5 Å². The van der Waals surface area contributed by atoms with Gasteiger partial charge < -0.3 is 5.11 Å². The van der Waals surface area contributed by atoms with Gasteiger partial charge in [-0.3, -0.25) is 0 Å². The van der Waals surface area contributed by atoms with Crippen molar-refractivity contribution in [3.63, 3.8) is 0 Å². The number of carboxylic acid groups (broad SMARTS) is 1. The van der Waals surface area contributed by atoms with Gasteiger partial charge in [-0.15, -0.1) is 0 Å². The number of halogens is 1. The molecular formula is C13H18FNO4S. The third-order valence-electron chi connectivity index (χ3n) is 2.79. The highest BCUT2D eigenvalue weighted by molar-refractivity contribution is 7.89. The molecule has 7 heteroatoms. The van der Waals surface area contributed by atoms with Crippen molar-refractivity contribution >= 4 is 16.0 Å². The number of aryl methyl sites for hydroxylation is 1. The predicted octanol–water partition coefficient (Wildman–Crippen LogP) is 2.11. The summed E-state index contributed by atoms with van der Waals surface area (Å²) in [7, 11) is -2.41. The number of hydrogen-bond acceptors (Lipinski definition) is 3. The maximum Gasteiger partial charge on any atom is 0.338 e. The molecule has 112 valence electrons. The molecule has 0 bridgehead atoms. The van der Waals surface area contributed by atoms with Crippen molar-refractivity contribution in [1.29, 1.82) is 0 Å². The van der Waals surface area contributed by atoms with Crippen molar-refractivity contribution < 1.29 is 22.7 Å². The Morgan fingerprint density at radius 3 is 2.40 bits per heavy atom. The van der Waals surface area contributed by atoms with Crippen molar-refractivity contribution in [2.45, 2.75) is 25.7 Å². The van der Waals surface area contributed by atoms with Gasteiger partial charge in [0.1, 0.15) is 5.82 Å². The van der Waals surface area contributed by atoms with Crippen LogP contribution >= 0.6 is 0 Å². The summed E-state index contributed by atoms with van der Waals surface area (Å²) in [5.41, 5.74) is -0.650. The van der Waals surface area contributed by atoms with E-state index in [4.69, 9.17) is 5.11 Å². The Hall–Kier alpha value is -1.47. The van der Waals surface area contributed by atoms with Gasteiger partial charge in [-0.05, 0) is 30.5 Å². The first-order valence-corrected chi connectivity index (χ1v) is 7.51. The fraction of sp³-hybridized carbons (Fsp3) is 0.462. The third kappa shape index (κ3) is 3.34. The van der Waals surface area contributed by atoms with E-state index in [2.05, 4.69) is 0 Å². The second kappa shape index (κ2) is 5.88. The first-order chi connectivity index (χ1) is 9.07. The van der Waals surface area contributed by atoms with Gasteiger partial charge in [-0.1, -0.05) is 13.8 Å². The topological polar surface area (TPSA) is 74.7 Å². The molecule has 0 aliphatic rings. The Kier molecular flexibility index (Phi) is 4.88. The number of rotatable bonds is 5. The molecule has 0 atom stereocenters. The van der Waals surface area contributed by atoms with Gasteiger partial charge in [0.25, 0.3) is 0 Å². The quantitative estimate of drug-likeness (QED) is 0.904. The number of benzene rings is 1. The largest absolute Gasteiger partial charge is 0.478 e. The van der Waals surface area contributed by atoms with Crippen molar-refractivity contribution in [3.8, 4) is 0 Å². The maximum atomic E-state index is 13.6. The molecule has 0 heterocycles. The summed E-state index contributed by atoms with van der Waals surface area (Å²) in [6.45, 7) is 5.36. The molecule has 1 aromatic carbocycles. The van der Waals surface area contributed by atoms with Gasteiger partial charge in [0.15, 0.2) is 0 Å². The lowest BCUT2D eigenvalue weighted by atomic mass is 10.1. The van der Waals surface area contributed by atoms with Gasteiger partial charge in [-0.2, -0.15) is 0 Å². The van der Waals surface area contributed by atoms with Crippen molar-refractivity contribution in [2.75, 3.05) is 13.6 Å². The first kappa shape index (κ1) is 16.6. The van der Waals surface area contributed by atoms with Crippen LogP contribution in [0.4, 0.5) is 4.39 Å². The lowest BCUT2D eigenvalue weighted by molar-refractivity contribution is 0.0691. The first-order valence-electron chi connectivity index (χ1n) is 6.07. The van der Waals surface area contributed by atoms with Crippen LogP contribution in [0.3, 0.4) is 0 Å². The molecule has 0 amide bonds. The molecule has 0 aliphatic carbocycles. The van der Waals surface area contributed by atoms with E-state index in [1.54, 1.807) is 0 Å². The molecule has 1 aromatic rings. The van der Waals surface area contributed by atoms with Crippen LogP contribution in [0, 0.1) is 18.7 Å². The molecule has 0 spiro atoms. The molecule has 0 aliphatic heterocycles. The molecule has 0 aromatic heterocycles. The van der Waals surface area contributed by atoms with Gasteiger partial charge in [-0.25, -0.2) is 21.9 Å². The molecule has 0 unspecified atom stereocenters. The Balaban J connectivity index is 3.36.